The van der Waals surface area contributed by atoms with Gasteiger partial charge < -0.3 is 33.2 Å². The van der Waals surface area contributed by atoms with Crippen molar-refractivity contribution in [3.8, 4) is 17.2 Å². The summed E-state index contributed by atoms with van der Waals surface area (Å²) in [5.41, 5.74) is 1.41. The molecule has 0 bridgehead atoms. The van der Waals surface area contributed by atoms with Crippen molar-refractivity contribution >= 4 is 11.4 Å². The van der Waals surface area contributed by atoms with Crippen molar-refractivity contribution < 1.29 is 33.2 Å². The molecule has 0 saturated heterocycles. The Morgan fingerprint density at radius 3 is 1.56 bits per heavy atom. The number of benzene rings is 2. The summed E-state index contributed by atoms with van der Waals surface area (Å²) >= 11 is 0. The molecule has 3 rings (SSSR count). The van der Waals surface area contributed by atoms with E-state index in [2.05, 4.69) is 17.2 Å². The number of ether oxygens (including phenoxy) is 7. The number of azo groups is 1. The summed E-state index contributed by atoms with van der Waals surface area (Å²) in [5.74, 6) is 2.05. The van der Waals surface area contributed by atoms with Crippen LogP contribution in [0.4, 0.5) is 11.4 Å². The molecule has 0 unspecified atom stereocenters. The molecule has 0 atom stereocenters. The van der Waals surface area contributed by atoms with Gasteiger partial charge in [0.25, 0.3) is 0 Å². The fraction of sp³-hybridized carbons (Fsp3) is 0.647. The first-order valence-electron chi connectivity index (χ1n) is 16.2. The van der Waals surface area contributed by atoms with Gasteiger partial charge in [-0.25, -0.2) is 0 Å². The zero-order valence-electron chi connectivity index (χ0n) is 26.1. The van der Waals surface area contributed by atoms with Crippen LogP contribution in [0, 0.1) is 0 Å². The molecule has 1 heterocycles. The van der Waals surface area contributed by atoms with Crippen LogP contribution in [0.2, 0.25) is 0 Å². The Kier molecular flexibility index (Phi) is 19.2. The van der Waals surface area contributed by atoms with Crippen molar-refractivity contribution in [2.24, 2.45) is 10.2 Å². The molecule has 2 aromatic rings. The third kappa shape index (κ3) is 16.6. The maximum Gasteiger partial charge on any atom is 0.163 e. The molecule has 0 aromatic heterocycles. The van der Waals surface area contributed by atoms with Crippen LogP contribution in [0.1, 0.15) is 71.1 Å². The lowest BCUT2D eigenvalue weighted by Gasteiger charge is -2.14. The highest BCUT2D eigenvalue weighted by molar-refractivity contribution is 5.52. The molecule has 43 heavy (non-hydrogen) atoms. The Bertz CT molecular complexity index is 987. The standard InChI is InChI=1S/C34H52N2O7/c1-2-3-4-5-6-7-8-9-10-11-18-41-32-15-12-30(13-16-32)35-36-31-14-17-33-34(29-31)43-28-26-40-24-22-38-20-19-37-21-23-39-25-27-42-33/h12-17,29H,2-11,18-28H2,1H3. The topological polar surface area (TPSA) is 89.3 Å². The lowest BCUT2D eigenvalue weighted by molar-refractivity contribution is -0.00841. The molecule has 1 aliphatic rings. The Hall–Kier alpha value is -2.72. The highest BCUT2D eigenvalue weighted by atomic mass is 16.6. The molecule has 0 N–H and O–H groups in total. The molecule has 2 aromatic carbocycles. The third-order valence-electron chi connectivity index (χ3n) is 6.90. The number of nitrogens with zero attached hydrogens (tertiary/aromatic N) is 2. The third-order valence-corrected chi connectivity index (χ3v) is 6.90. The van der Waals surface area contributed by atoms with Gasteiger partial charge in [-0.15, -0.1) is 0 Å². The quantitative estimate of drug-likeness (QED) is 0.159. The van der Waals surface area contributed by atoms with Crippen LogP contribution in [0.3, 0.4) is 0 Å². The van der Waals surface area contributed by atoms with Crippen LogP contribution < -0.4 is 14.2 Å². The van der Waals surface area contributed by atoms with E-state index in [1.54, 1.807) is 0 Å². The highest BCUT2D eigenvalue weighted by Gasteiger charge is 2.08. The zero-order chi connectivity index (χ0) is 30.0. The molecule has 0 fully saturated rings. The second-order valence-electron chi connectivity index (χ2n) is 10.5. The van der Waals surface area contributed by atoms with Crippen LogP contribution >= 0.6 is 0 Å². The summed E-state index contributed by atoms with van der Waals surface area (Å²) in [6.07, 6.45) is 13.2. The van der Waals surface area contributed by atoms with Gasteiger partial charge in [-0.2, -0.15) is 10.2 Å². The number of rotatable bonds is 14. The first-order chi connectivity index (χ1) is 21.3. The molecule has 0 radical (unpaired) electrons. The second kappa shape index (κ2) is 23.7. The number of unbranched alkanes of at least 4 members (excludes halogenated alkanes) is 9. The second-order valence-corrected chi connectivity index (χ2v) is 10.5. The summed E-state index contributed by atoms with van der Waals surface area (Å²) < 4.78 is 39.9. The zero-order valence-corrected chi connectivity index (χ0v) is 26.1. The van der Waals surface area contributed by atoms with E-state index in [0.717, 1.165) is 24.5 Å². The lowest BCUT2D eigenvalue weighted by atomic mass is 10.1. The van der Waals surface area contributed by atoms with Gasteiger partial charge in [-0.05, 0) is 42.8 Å². The summed E-state index contributed by atoms with van der Waals surface area (Å²) in [6.45, 7) is 7.75. The van der Waals surface area contributed by atoms with Crippen molar-refractivity contribution in [2.45, 2.75) is 71.1 Å². The minimum absolute atomic E-state index is 0.372. The van der Waals surface area contributed by atoms with E-state index in [9.17, 15) is 0 Å². The fourth-order valence-corrected chi connectivity index (χ4v) is 4.48. The van der Waals surface area contributed by atoms with Crippen LogP contribution in [0.15, 0.2) is 52.7 Å². The molecule has 240 valence electrons. The SMILES string of the molecule is CCCCCCCCCCCCOc1ccc(N=Nc2ccc3c(c2)OCCOCCOCCOCCOCCO3)cc1. The van der Waals surface area contributed by atoms with Crippen LogP contribution in [0.5, 0.6) is 17.2 Å². The van der Waals surface area contributed by atoms with Gasteiger partial charge >= 0.3 is 0 Å². The van der Waals surface area contributed by atoms with Gasteiger partial charge in [-0.3, -0.25) is 0 Å². The van der Waals surface area contributed by atoms with Crippen molar-refractivity contribution in [1.29, 1.82) is 0 Å². The Labute approximate surface area is 258 Å². The summed E-state index contributed by atoms with van der Waals surface area (Å²) in [6, 6.07) is 13.2. The largest absolute Gasteiger partial charge is 0.494 e. The van der Waals surface area contributed by atoms with Gasteiger partial charge in [0, 0.05) is 6.07 Å². The smallest absolute Gasteiger partial charge is 0.163 e. The molecule has 0 aliphatic carbocycles. The molecular formula is C34H52N2O7. The fourth-order valence-electron chi connectivity index (χ4n) is 4.48. The highest BCUT2D eigenvalue weighted by Crippen LogP contribution is 2.33. The van der Waals surface area contributed by atoms with E-state index in [1.165, 1.54) is 57.8 Å². The molecule has 9 nitrogen and oxygen atoms in total. The van der Waals surface area contributed by atoms with Crippen molar-refractivity contribution in [3.05, 3.63) is 42.5 Å². The average Bonchev–Trinajstić information content (AvgIpc) is 3.03. The van der Waals surface area contributed by atoms with Gasteiger partial charge in [-0.1, -0.05) is 64.7 Å². The van der Waals surface area contributed by atoms with Crippen molar-refractivity contribution in [3.63, 3.8) is 0 Å². The number of hydrogen-bond acceptors (Lipinski definition) is 9. The van der Waals surface area contributed by atoms with E-state index in [-0.39, 0.29) is 0 Å². The molecular weight excluding hydrogens is 548 g/mol. The Balaban J connectivity index is 1.41. The Morgan fingerprint density at radius 2 is 0.977 bits per heavy atom. The van der Waals surface area contributed by atoms with E-state index >= 15 is 0 Å². The van der Waals surface area contributed by atoms with Gasteiger partial charge in [0.1, 0.15) is 19.0 Å². The first-order valence-corrected chi connectivity index (χ1v) is 16.2. The van der Waals surface area contributed by atoms with Gasteiger partial charge in [0.05, 0.1) is 70.8 Å². The number of hydrogen-bond donors (Lipinski definition) is 0. The van der Waals surface area contributed by atoms with Crippen molar-refractivity contribution in [2.75, 3.05) is 72.7 Å². The normalized spacial score (nSPS) is 16.0. The van der Waals surface area contributed by atoms with Crippen molar-refractivity contribution in [1.82, 2.24) is 0 Å². The van der Waals surface area contributed by atoms with Crippen LogP contribution in [-0.2, 0) is 18.9 Å². The summed E-state index contributed by atoms with van der Waals surface area (Å²) in [5, 5.41) is 8.80. The van der Waals surface area contributed by atoms with E-state index in [0.29, 0.717) is 83.3 Å². The monoisotopic (exact) mass is 600 g/mol. The minimum atomic E-state index is 0.372. The molecule has 1 aliphatic heterocycles. The summed E-state index contributed by atoms with van der Waals surface area (Å²) in [7, 11) is 0. The van der Waals surface area contributed by atoms with E-state index in [1.807, 2.05) is 42.5 Å². The Morgan fingerprint density at radius 1 is 0.512 bits per heavy atom. The number of fused-ring (bicyclic) bond motifs is 1. The molecule has 9 heteroatoms. The average molecular weight is 601 g/mol. The maximum absolute atomic E-state index is 5.96. The lowest BCUT2D eigenvalue weighted by Crippen LogP contribution is -2.15. The molecule has 0 spiro atoms. The summed E-state index contributed by atoms with van der Waals surface area (Å²) in [4.78, 5) is 0. The van der Waals surface area contributed by atoms with E-state index < -0.39 is 0 Å². The van der Waals surface area contributed by atoms with Gasteiger partial charge in [0.15, 0.2) is 11.5 Å². The van der Waals surface area contributed by atoms with Gasteiger partial charge in [0.2, 0.25) is 0 Å². The predicted molar refractivity (Wildman–Crippen MR) is 169 cm³/mol. The first kappa shape index (κ1) is 34.8. The predicted octanol–water partition coefficient (Wildman–Crippen LogP) is 8.24. The van der Waals surface area contributed by atoms with E-state index in [4.69, 9.17) is 33.2 Å². The van der Waals surface area contributed by atoms with Crippen LogP contribution in [-0.4, -0.2) is 72.7 Å². The molecule has 0 amide bonds. The maximum atomic E-state index is 5.96. The molecule has 0 saturated carbocycles. The van der Waals surface area contributed by atoms with Crippen LogP contribution in [0.25, 0.3) is 0 Å². The minimum Gasteiger partial charge on any atom is -0.494 e.